The molecule has 19 heavy (non-hydrogen) atoms. The van der Waals surface area contributed by atoms with Crippen LogP contribution in [0.4, 0.5) is 0 Å². The standard InChI is InChI=1S/C14H19NO4/c1-3-19-12-6-4-5-11(9-12)7-8-13(16)15-10(2)14(17)18/h4-6,9-10H,3,7-8H2,1-2H3,(H,15,16)(H,17,18). The Morgan fingerprint density at radius 3 is 2.79 bits per heavy atom. The topological polar surface area (TPSA) is 75.6 Å². The smallest absolute Gasteiger partial charge is 0.325 e. The summed E-state index contributed by atoms with van der Waals surface area (Å²) in [5, 5.41) is 11.1. The molecule has 0 aliphatic heterocycles. The highest BCUT2D eigenvalue weighted by Crippen LogP contribution is 2.14. The van der Waals surface area contributed by atoms with Crippen molar-refractivity contribution in [3.8, 4) is 5.75 Å². The average Bonchev–Trinajstić information content (AvgIpc) is 2.37. The zero-order chi connectivity index (χ0) is 14.3. The van der Waals surface area contributed by atoms with E-state index in [0.717, 1.165) is 11.3 Å². The normalized spacial score (nSPS) is 11.7. The van der Waals surface area contributed by atoms with Gasteiger partial charge in [-0.1, -0.05) is 12.1 Å². The van der Waals surface area contributed by atoms with Crippen LogP contribution in [0.2, 0.25) is 0 Å². The molecule has 1 atom stereocenters. The number of carboxylic acid groups (broad SMARTS) is 1. The van der Waals surface area contributed by atoms with Crippen LogP contribution >= 0.6 is 0 Å². The third-order valence-electron chi connectivity index (χ3n) is 2.60. The van der Waals surface area contributed by atoms with Crippen molar-refractivity contribution >= 4 is 11.9 Å². The third-order valence-corrected chi connectivity index (χ3v) is 2.60. The summed E-state index contributed by atoms with van der Waals surface area (Å²) < 4.78 is 5.37. The molecule has 0 aliphatic carbocycles. The van der Waals surface area contributed by atoms with Crippen molar-refractivity contribution in [3.05, 3.63) is 29.8 Å². The van der Waals surface area contributed by atoms with E-state index in [1.165, 1.54) is 6.92 Å². The second-order valence-electron chi connectivity index (χ2n) is 4.21. The molecule has 2 N–H and O–H groups in total. The van der Waals surface area contributed by atoms with Crippen LogP contribution in [0.25, 0.3) is 0 Å². The first-order valence-electron chi connectivity index (χ1n) is 6.26. The van der Waals surface area contributed by atoms with Gasteiger partial charge in [-0.2, -0.15) is 0 Å². The van der Waals surface area contributed by atoms with Crippen LogP contribution in [0.5, 0.6) is 5.75 Å². The molecule has 0 bridgehead atoms. The second-order valence-corrected chi connectivity index (χ2v) is 4.21. The van der Waals surface area contributed by atoms with Gasteiger partial charge in [-0.15, -0.1) is 0 Å². The molecule has 0 saturated carbocycles. The van der Waals surface area contributed by atoms with E-state index in [1.54, 1.807) is 0 Å². The molecular weight excluding hydrogens is 246 g/mol. The Morgan fingerprint density at radius 2 is 2.16 bits per heavy atom. The molecule has 0 aromatic heterocycles. The lowest BCUT2D eigenvalue weighted by Gasteiger charge is -2.09. The molecule has 0 spiro atoms. The zero-order valence-corrected chi connectivity index (χ0v) is 11.2. The van der Waals surface area contributed by atoms with Gasteiger partial charge < -0.3 is 15.2 Å². The highest BCUT2D eigenvalue weighted by atomic mass is 16.5. The summed E-state index contributed by atoms with van der Waals surface area (Å²) in [4.78, 5) is 22.1. The molecule has 5 nitrogen and oxygen atoms in total. The van der Waals surface area contributed by atoms with Crippen LogP contribution < -0.4 is 10.1 Å². The summed E-state index contributed by atoms with van der Waals surface area (Å²) in [6, 6.07) is 6.67. The van der Waals surface area contributed by atoms with E-state index in [-0.39, 0.29) is 12.3 Å². The lowest BCUT2D eigenvalue weighted by Crippen LogP contribution is -2.38. The summed E-state index contributed by atoms with van der Waals surface area (Å²) in [6.45, 7) is 3.95. The molecule has 0 fully saturated rings. The van der Waals surface area contributed by atoms with Gasteiger partial charge in [0.15, 0.2) is 0 Å². The van der Waals surface area contributed by atoms with E-state index in [1.807, 2.05) is 31.2 Å². The highest BCUT2D eigenvalue weighted by molar-refractivity contribution is 5.83. The summed E-state index contributed by atoms with van der Waals surface area (Å²) >= 11 is 0. The Kier molecular flexibility index (Phi) is 5.85. The van der Waals surface area contributed by atoms with E-state index in [9.17, 15) is 9.59 Å². The van der Waals surface area contributed by atoms with Gasteiger partial charge in [0.05, 0.1) is 6.61 Å². The Hall–Kier alpha value is -2.04. The van der Waals surface area contributed by atoms with Crippen LogP contribution in [-0.4, -0.2) is 29.6 Å². The van der Waals surface area contributed by atoms with Gasteiger partial charge in [-0.3, -0.25) is 9.59 Å². The quantitative estimate of drug-likeness (QED) is 0.785. The number of benzene rings is 1. The first kappa shape index (κ1) is 15.0. The summed E-state index contributed by atoms with van der Waals surface area (Å²) in [5.74, 6) is -0.525. The fourth-order valence-corrected chi connectivity index (χ4v) is 1.59. The number of nitrogens with one attached hydrogen (secondary N) is 1. The van der Waals surface area contributed by atoms with Crippen LogP contribution in [-0.2, 0) is 16.0 Å². The molecule has 1 unspecified atom stereocenters. The molecule has 1 amide bonds. The highest BCUT2D eigenvalue weighted by Gasteiger charge is 2.13. The Bertz CT molecular complexity index is 445. The number of hydrogen-bond acceptors (Lipinski definition) is 3. The van der Waals surface area contributed by atoms with Crippen LogP contribution in [0, 0.1) is 0 Å². The molecule has 1 rings (SSSR count). The fraction of sp³-hybridized carbons (Fsp3) is 0.429. The minimum Gasteiger partial charge on any atom is -0.494 e. The maximum atomic E-state index is 11.5. The first-order chi connectivity index (χ1) is 9.02. The number of amides is 1. The van der Waals surface area contributed by atoms with Crippen molar-refractivity contribution in [2.75, 3.05) is 6.61 Å². The minimum atomic E-state index is -1.04. The van der Waals surface area contributed by atoms with Gasteiger partial charge in [0.1, 0.15) is 11.8 Å². The number of rotatable bonds is 7. The van der Waals surface area contributed by atoms with Crippen LogP contribution in [0.1, 0.15) is 25.8 Å². The number of ether oxygens (including phenoxy) is 1. The van der Waals surface area contributed by atoms with Crippen molar-refractivity contribution in [3.63, 3.8) is 0 Å². The second kappa shape index (κ2) is 7.41. The van der Waals surface area contributed by atoms with Gasteiger partial charge in [-0.05, 0) is 38.0 Å². The van der Waals surface area contributed by atoms with E-state index in [0.29, 0.717) is 13.0 Å². The van der Waals surface area contributed by atoms with Crippen LogP contribution in [0.3, 0.4) is 0 Å². The number of aliphatic carboxylic acids is 1. The Morgan fingerprint density at radius 1 is 1.42 bits per heavy atom. The summed E-state index contributed by atoms with van der Waals surface area (Å²) in [7, 11) is 0. The number of carboxylic acids is 1. The van der Waals surface area contributed by atoms with Crippen molar-refractivity contribution in [2.45, 2.75) is 32.7 Å². The third kappa shape index (κ3) is 5.42. The Labute approximate surface area is 112 Å². The number of carbonyl (C=O) groups excluding carboxylic acids is 1. The molecule has 1 aromatic rings. The van der Waals surface area contributed by atoms with Crippen molar-refractivity contribution in [2.24, 2.45) is 0 Å². The molecular formula is C14H19NO4. The van der Waals surface area contributed by atoms with E-state index < -0.39 is 12.0 Å². The number of aryl methyl sites for hydroxylation is 1. The molecule has 1 aromatic carbocycles. The van der Waals surface area contributed by atoms with Gasteiger partial charge >= 0.3 is 5.97 Å². The van der Waals surface area contributed by atoms with Gasteiger partial charge in [0.25, 0.3) is 0 Å². The predicted molar refractivity (Wildman–Crippen MR) is 71.2 cm³/mol. The number of hydrogen-bond donors (Lipinski definition) is 2. The molecule has 104 valence electrons. The lowest BCUT2D eigenvalue weighted by atomic mass is 10.1. The maximum absolute atomic E-state index is 11.5. The van der Waals surface area contributed by atoms with Gasteiger partial charge in [0, 0.05) is 6.42 Å². The number of carbonyl (C=O) groups is 2. The summed E-state index contributed by atoms with van der Waals surface area (Å²) in [6.07, 6.45) is 0.812. The van der Waals surface area contributed by atoms with E-state index in [2.05, 4.69) is 5.32 Å². The van der Waals surface area contributed by atoms with E-state index in [4.69, 9.17) is 9.84 Å². The molecule has 0 saturated heterocycles. The monoisotopic (exact) mass is 265 g/mol. The zero-order valence-electron chi connectivity index (χ0n) is 11.2. The molecule has 5 heteroatoms. The molecule has 0 heterocycles. The first-order valence-corrected chi connectivity index (χ1v) is 6.26. The van der Waals surface area contributed by atoms with Gasteiger partial charge in [-0.25, -0.2) is 0 Å². The van der Waals surface area contributed by atoms with Crippen molar-refractivity contribution in [1.29, 1.82) is 0 Å². The molecule has 0 radical (unpaired) electrons. The molecule has 0 aliphatic rings. The minimum absolute atomic E-state index is 0.257. The van der Waals surface area contributed by atoms with Gasteiger partial charge in [0.2, 0.25) is 5.91 Å². The lowest BCUT2D eigenvalue weighted by molar-refractivity contribution is -0.141. The van der Waals surface area contributed by atoms with Crippen molar-refractivity contribution in [1.82, 2.24) is 5.32 Å². The van der Waals surface area contributed by atoms with E-state index >= 15 is 0 Å². The predicted octanol–water partition coefficient (Wildman–Crippen LogP) is 1.61. The average molecular weight is 265 g/mol. The SMILES string of the molecule is CCOc1cccc(CCC(=O)NC(C)C(=O)O)c1. The van der Waals surface area contributed by atoms with Crippen molar-refractivity contribution < 1.29 is 19.4 Å². The summed E-state index contributed by atoms with van der Waals surface area (Å²) in [5.41, 5.74) is 0.990. The van der Waals surface area contributed by atoms with Crippen LogP contribution in [0.15, 0.2) is 24.3 Å². The maximum Gasteiger partial charge on any atom is 0.325 e. The largest absolute Gasteiger partial charge is 0.494 e. The fourth-order valence-electron chi connectivity index (χ4n) is 1.59. The Balaban J connectivity index is 2.45.